The van der Waals surface area contributed by atoms with Crippen LogP contribution in [0.25, 0.3) is 0 Å². The summed E-state index contributed by atoms with van der Waals surface area (Å²) in [7, 11) is 0. The maximum atomic E-state index is 13.2. The fourth-order valence-electron chi connectivity index (χ4n) is 1.90. The third kappa shape index (κ3) is 5.83. The molecule has 0 saturated carbocycles. The molecular weight excluding hydrogens is 341 g/mol. The van der Waals surface area contributed by atoms with E-state index >= 15 is 0 Å². The van der Waals surface area contributed by atoms with Gasteiger partial charge in [0.2, 0.25) is 0 Å². The molecular formula is C15H19BrFNO3. The Morgan fingerprint density at radius 1 is 1.33 bits per heavy atom. The summed E-state index contributed by atoms with van der Waals surface area (Å²) in [5.41, 5.74) is 0.251. The molecule has 2 atom stereocenters. The number of amides is 1. The molecule has 1 aromatic rings. The molecule has 2 unspecified atom stereocenters. The largest absolute Gasteiger partial charge is 0.481 e. The molecule has 0 radical (unpaired) electrons. The van der Waals surface area contributed by atoms with Crippen molar-refractivity contribution in [2.75, 3.05) is 0 Å². The van der Waals surface area contributed by atoms with E-state index in [9.17, 15) is 14.0 Å². The number of carboxylic acid groups (broad SMARTS) is 1. The summed E-state index contributed by atoms with van der Waals surface area (Å²) in [6.45, 7) is 3.51. The van der Waals surface area contributed by atoms with Gasteiger partial charge < -0.3 is 10.4 Å². The monoisotopic (exact) mass is 359 g/mol. The molecule has 1 aromatic carbocycles. The third-order valence-corrected chi connectivity index (χ3v) is 3.94. The van der Waals surface area contributed by atoms with Crippen LogP contribution in [0.4, 0.5) is 4.39 Å². The van der Waals surface area contributed by atoms with E-state index in [0.29, 0.717) is 23.7 Å². The first-order chi connectivity index (χ1) is 9.81. The van der Waals surface area contributed by atoms with Crippen LogP contribution in [0.15, 0.2) is 22.7 Å². The molecule has 0 aliphatic heterocycles. The van der Waals surface area contributed by atoms with Crippen LogP contribution in [-0.2, 0) is 4.79 Å². The van der Waals surface area contributed by atoms with Crippen LogP contribution >= 0.6 is 15.9 Å². The molecule has 2 N–H and O–H groups in total. The van der Waals surface area contributed by atoms with Gasteiger partial charge in [-0.1, -0.05) is 13.3 Å². The van der Waals surface area contributed by atoms with Crippen molar-refractivity contribution in [2.45, 2.75) is 39.2 Å². The molecule has 0 heterocycles. The molecule has 0 fully saturated rings. The minimum atomic E-state index is -0.810. The van der Waals surface area contributed by atoms with Crippen molar-refractivity contribution in [3.8, 4) is 0 Å². The molecule has 1 amide bonds. The van der Waals surface area contributed by atoms with Crippen LogP contribution in [0.1, 0.15) is 43.5 Å². The number of benzene rings is 1. The van der Waals surface area contributed by atoms with E-state index in [-0.39, 0.29) is 23.4 Å². The van der Waals surface area contributed by atoms with Crippen molar-refractivity contribution in [3.63, 3.8) is 0 Å². The molecule has 0 spiro atoms. The van der Waals surface area contributed by atoms with Gasteiger partial charge in [0.1, 0.15) is 5.82 Å². The van der Waals surface area contributed by atoms with Gasteiger partial charge in [-0.3, -0.25) is 9.59 Å². The van der Waals surface area contributed by atoms with Crippen LogP contribution < -0.4 is 5.32 Å². The summed E-state index contributed by atoms with van der Waals surface area (Å²) in [5.74, 6) is -2.01. The molecule has 1 rings (SSSR count). The minimum absolute atomic E-state index is 0.103. The Morgan fingerprint density at radius 2 is 2.00 bits per heavy atom. The normalized spacial score (nSPS) is 13.5. The van der Waals surface area contributed by atoms with Crippen molar-refractivity contribution in [3.05, 3.63) is 34.1 Å². The van der Waals surface area contributed by atoms with Crippen molar-refractivity contribution in [1.82, 2.24) is 5.32 Å². The van der Waals surface area contributed by atoms with Gasteiger partial charge in [0.15, 0.2) is 0 Å². The van der Waals surface area contributed by atoms with Crippen LogP contribution in [0.2, 0.25) is 0 Å². The second-order valence-electron chi connectivity index (χ2n) is 5.17. The van der Waals surface area contributed by atoms with Gasteiger partial charge >= 0.3 is 5.97 Å². The topological polar surface area (TPSA) is 66.4 Å². The highest BCUT2D eigenvalue weighted by Gasteiger charge is 2.15. The standard InChI is InChI=1S/C15H19BrFNO3/c1-9(15(20)21)4-3-5-10(2)18-14(19)12-8-11(17)6-7-13(12)16/h6-10H,3-5H2,1-2H3,(H,18,19)(H,20,21). The lowest BCUT2D eigenvalue weighted by molar-refractivity contribution is -0.141. The van der Waals surface area contributed by atoms with Crippen molar-refractivity contribution in [1.29, 1.82) is 0 Å². The molecule has 0 aliphatic rings. The van der Waals surface area contributed by atoms with E-state index in [0.717, 1.165) is 0 Å². The molecule has 0 aliphatic carbocycles. The predicted molar refractivity (Wildman–Crippen MR) is 81.7 cm³/mol. The van der Waals surface area contributed by atoms with Gasteiger partial charge in [-0.05, 0) is 53.9 Å². The van der Waals surface area contributed by atoms with Crippen molar-refractivity contribution >= 4 is 27.8 Å². The number of rotatable bonds is 7. The van der Waals surface area contributed by atoms with Gasteiger partial charge in [-0.15, -0.1) is 0 Å². The SMILES string of the molecule is CC(CCCC(C)C(=O)O)NC(=O)c1cc(F)ccc1Br. The minimum Gasteiger partial charge on any atom is -0.481 e. The highest BCUT2D eigenvalue weighted by molar-refractivity contribution is 9.10. The second-order valence-corrected chi connectivity index (χ2v) is 6.02. The highest BCUT2D eigenvalue weighted by Crippen LogP contribution is 2.18. The number of hydrogen-bond donors (Lipinski definition) is 2. The Balaban J connectivity index is 2.47. The molecule has 4 nitrogen and oxygen atoms in total. The Bertz CT molecular complexity index is 522. The molecule has 21 heavy (non-hydrogen) atoms. The van der Waals surface area contributed by atoms with E-state index in [1.807, 2.05) is 6.92 Å². The van der Waals surface area contributed by atoms with Crippen LogP contribution in [0.3, 0.4) is 0 Å². The van der Waals surface area contributed by atoms with E-state index in [2.05, 4.69) is 21.2 Å². The zero-order valence-electron chi connectivity index (χ0n) is 12.0. The number of carbonyl (C=O) groups is 2. The summed E-state index contributed by atoms with van der Waals surface area (Å²) in [6, 6.07) is 3.84. The summed E-state index contributed by atoms with van der Waals surface area (Å²) < 4.78 is 13.7. The Labute approximate surface area is 131 Å². The lowest BCUT2D eigenvalue weighted by atomic mass is 10.0. The Hall–Kier alpha value is -1.43. The molecule has 6 heteroatoms. The van der Waals surface area contributed by atoms with E-state index in [4.69, 9.17) is 5.11 Å². The summed E-state index contributed by atoms with van der Waals surface area (Å²) >= 11 is 3.22. The van der Waals surface area contributed by atoms with Crippen LogP contribution in [0, 0.1) is 11.7 Å². The van der Waals surface area contributed by atoms with Gasteiger partial charge in [0.05, 0.1) is 11.5 Å². The second kappa shape index (κ2) is 8.12. The van der Waals surface area contributed by atoms with Gasteiger partial charge in [-0.2, -0.15) is 0 Å². The average Bonchev–Trinajstić information content (AvgIpc) is 2.41. The number of halogens is 2. The fourth-order valence-corrected chi connectivity index (χ4v) is 2.33. The first-order valence-electron chi connectivity index (χ1n) is 6.80. The van der Waals surface area contributed by atoms with Crippen molar-refractivity contribution in [2.24, 2.45) is 5.92 Å². The van der Waals surface area contributed by atoms with Crippen LogP contribution in [-0.4, -0.2) is 23.0 Å². The molecule has 0 aromatic heterocycles. The number of hydrogen-bond acceptors (Lipinski definition) is 2. The zero-order chi connectivity index (χ0) is 16.0. The Kier molecular flexibility index (Phi) is 6.81. The van der Waals surface area contributed by atoms with Gasteiger partial charge in [0.25, 0.3) is 5.91 Å². The number of aliphatic carboxylic acids is 1. The van der Waals surface area contributed by atoms with Gasteiger partial charge in [0, 0.05) is 10.5 Å². The maximum absolute atomic E-state index is 13.2. The summed E-state index contributed by atoms with van der Waals surface area (Å²) in [6.07, 6.45) is 1.95. The molecule has 0 saturated heterocycles. The quantitative estimate of drug-likeness (QED) is 0.781. The number of nitrogens with one attached hydrogen (secondary N) is 1. The number of carbonyl (C=O) groups excluding carboxylic acids is 1. The first-order valence-corrected chi connectivity index (χ1v) is 7.59. The van der Waals surface area contributed by atoms with Crippen molar-refractivity contribution < 1.29 is 19.1 Å². The van der Waals surface area contributed by atoms with E-state index in [1.54, 1.807) is 6.92 Å². The Morgan fingerprint density at radius 3 is 2.62 bits per heavy atom. The first kappa shape index (κ1) is 17.6. The van der Waals surface area contributed by atoms with Gasteiger partial charge in [-0.25, -0.2) is 4.39 Å². The predicted octanol–water partition coefficient (Wildman–Crippen LogP) is 3.60. The maximum Gasteiger partial charge on any atom is 0.306 e. The lowest BCUT2D eigenvalue weighted by Crippen LogP contribution is -2.32. The fraction of sp³-hybridized carbons (Fsp3) is 0.467. The zero-order valence-corrected chi connectivity index (χ0v) is 13.6. The average molecular weight is 360 g/mol. The summed E-state index contributed by atoms with van der Waals surface area (Å²) in [5, 5.41) is 11.6. The smallest absolute Gasteiger partial charge is 0.306 e. The summed E-state index contributed by atoms with van der Waals surface area (Å²) in [4.78, 5) is 22.7. The molecule has 0 bridgehead atoms. The highest BCUT2D eigenvalue weighted by atomic mass is 79.9. The molecule has 116 valence electrons. The van der Waals surface area contributed by atoms with E-state index < -0.39 is 11.8 Å². The lowest BCUT2D eigenvalue weighted by Gasteiger charge is -2.15. The van der Waals surface area contributed by atoms with E-state index in [1.165, 1.54) is 18.2 Å². The number of carboxylic acids is 1. The third-order valence-electron chi connectivity index (χ3n) is 3.25. The van der Waals surface area contributed by atoms with Crippen LogP contribution in [0.5, 0.6) is 0 Å².